The second kappa shape index (κ2) is 9.02. The van der Waals surface area contributed by atoms with Crippen LogP contribution >= 0.6 is 0 Å². The fourth-order valence-corrected chi connectivity index (χ4v) is 1.55. The Morgan fingerprint density at radius 3 is 2.24 bits per heavy atom. The molecule has 0 saturated carbocycles. The lowest BCUT2D eigenvalue weighted by molar-refractivity contribution is -0.142. The zero-order valence-electron chi connectivity index (χ0n) is 11.2. The van der Waals surface area contributed by atoms with Crippen molar-refractivity contribution in [2.45, 2.75) is 65.3 Å². The molecular weight excluding hydrogens is 218 g/mol. The van der Waals surface area contributed by atoms with Gasteiger partial charge < -0.3 is 10.4 Å². The number of nitrogens with one attached hydrogen (secondary N) is 1. The van der Waals surface area contributed by atoms with Gasteiger partial charge in [-0.15, -0.1) is 0 Å². The molecule has 0 saturated heterocycles. The minimum absolute atomic E-state index is 0.0397. The van der Waals surface area contributed by atoms with Crippen molar-refractivity contribution in [3.05, 3.63) is 0 Å². The van der Waals surface area contributed by atoms with E-state index in [1.807, 2.05) is 0 Å². The van der Waals surface area contributed by atoms with Crippen molar-refractivity contribution in [1.29, 1.82) is 0 Å². The van der Waals surface area contributed by atoms with E-state index in [4.69, 9.17) is 5.11 Å². The molecule has 0 aliphatic rings. The third kappa shape index (κ3) is 7.77. The molecule has 4 heteroatoms. The van der Waals surface area contributed by atoms with Gasteiger partial charge in [-0.1, -0.05) is 32.6 Å². The Morgan fingerprint density at radius 1 is 1.12 bits per heavy atom. The SMILES string of the molecule is CCCCCCCC(=O)NC(C)C(C)C(=O)O. The van der Waals surface area contributed by atoms with Crippen molar-refractivity contribution >= 4 is 11.9 Å². The van der Waals surface area contributed by atoms with Crippen LogP contribution in [-0.4, -0.2) is 23.0 Å². The number of carbonyl (C=O) groups excluding carboxylic acids is 1. The van der Waals surface area contributed by atoms with Gasteiger partial charge in [0.05, 0.1) is 5.92 Å². The third-order valence-corrected chi connectivity index (χ3v) is 3.04. The van der Waals surface area contributed by atoms with Crippen molar-refractivity contribution in [3.8, 4) is 0 Å². The highest BCUT2D eigenvalue weighted by Crippen LogP contribution is 2.06. The molecule has 0 aromatic rings. The van der Waals surface area contributed by atoms with Crippen molar-refractivity contribution in [3.63, 3.8) is 0 Å². The molecule has 0 heterocycles. The zero-order valence-corrected chi connectivity index (χ0v) is 11.2. The Morgan fingerprint density at radius 2 is 1.71 bits per heavy atom. The number of carbonyl (C=O) groups is 2. The standard InChI is InChI=1S/C13H25NO3/c1-4-5-6-7-8-9-12(15)14-11(3)10(2)13(16)17/h10-11H,4-9H2,1-3H3,(H,14,15)(H,16,17). The average molecular weight is 243 g/mol. The lowest BCUT2D eigenvalue weighted by Gasteiger charge is -2.17. The molecule has 0 radical (unpaired) electrons. The minimum Gasteiger partial charge on any atom is -0.481 e. The number of hydrogen-bond donors (Lipinski definition) is 2. The van der Waals surface area contributed by atoms with E-state index >= 15 is 0 Å². The van der Waals surface area contributed by atoms with E-state index in [2.05, 4.69) is 12.2 Å². The Hall–Kier alpha value is -1.06. The molecule has 0 fully saturated rings. The van der Waals surface area contributed by atoms with Gasteiger partial charge in [-0.2, -0.15) is 0 Å². The first-order valence-corrected chi connectivity index (χ1v) is 6.51. The maximum absolute atomic E-state index is 11.5. The monoisotopic (exact) mass is 243 g/mol. The smallest absolute Gasteiger partial charge is 0.308 e. The molecule has 1 amide bonds. The largest absolute Gasteiger partial charge is 0.481 e. The fraction of sp³-hybridized carbons (Fsp3) is 0.846. The molecule has 17 heavy (non-hydrogen) atoms. The molecule has 2 atom stereocenters. The fourth-order valence-electron chi connectivity index (χ4n) is 1.55. The summed E-state index contributed by atoms with van der Waals surface area (Å²) in [7, 11) is 0. The molecule has 0 aromatic carbocycles. The number of amides is 1. The van der Waals surface area contributed by atoms with Gasteiger partial charge in [0.15, 0.2) is 0 Å². The normalized spacial score (nSPS) is 14.1. The molecule has 2 N–H and O–H groups in total. The van der Waals surface area contributed by atoms with Crippen LogP contribution in [0.2, 0.25) is 0 Å². The predicted molar refractivity (Wildman–Crippen MR) is 67.8 cm³/mol. The molecule has 0 spiro atoms. The number of unbranched alkanes of at least 4 members (excludes halogenated alkanes) is 4. The van der Waals surface area contributed by atoms with Crippen LogP contribution in [0.15, 0.2) is 0 Å². The first-order valence-electron chi connectivity index (χ1n) is 6.51. The summed E-state index contributed by atoms with van der Waals surface area (Å²) < 4.78 is 0. The molecule has 0 aliphatic heterocycles. The van der Waals surface area contributed by atoms with Crippen molar-refractivity contribution < 1.29 is 14.7 Å². The van der Waals surface area contributed by atoms with Gasteiger partial charge in [-0.25, -0.2) is 0 Å². The van der Waals surface area contributed by atoms with E-state index in [0.29, 0.717) is 6.42 Å². The summed E-state index contributed by atoms with van der Waals surface area (Å²) in [5.41, 5.74) is 0. The predicted octanol–water partition coefficient (Wildman–Crippen LogP) is 2.57. The highest BCUT2D eigenvalue weighted by molar-refractivity contribution is 5.77. The van der Waals surface area contributed by atoms with Gasteiger partial charge in [0, 0.05) is 12.5 Å². The van der Waals surface area contributed by atoms with Crippen LogP contribution in [0, 0.1) is 5.92 Å². The van der Waals surface area contributed by atoms with E-state index in [0.717, 1.165) is 12.8 Å². The number of hydrogen-bond acceptors (Lipinski definition) is 2. The Bertz CT molecular complexity index is 241. The van der Waals surface area contributed by atoms with Crippen LogP contribution in [0.1, 0.15) is 59.3 Å². The Kier molecular flexibility index (Phi) is 8.46. The summed E-state index contributed by atoms with van der Waals surface area (Å²) in [5, 5.41) is 11.5. The minimum atomic E-state index is -0.874. The molecule has 100 valence electrons. The average Bonchev–Trinajstić information content (AvgIpc) is 2.27. The van der Waals surface area contributed by atoms with Gasteiger partial charge >= 0.3 is 5.97 Å². The first-order chi connectivity index (χ1) is 7.99. The van der Waals surface area contributed by atoms with Crippen molar-refractivity contribution in [2.75, 3.05) is 0 Å². The maximum Gasteiger partial charge on any atom is 0.308 e. The number of rotatable bonds is 9. The number of carboxylic acids is 1. The molecule has 0 aromatic heterocycles. The molecular formula is C13H25NO3. The lowest BCUT2D eigenvalue weighted by atomic mass is 10.0. The van der Waals surface area contributed by atoms with Crippen LogP contribution in [-0.2, 0) is 9.59 Å². The Labute approximate surface area is 104 Å². The van der Waals surface area contributed by atoms with E-state index in [1.165, 1.54) is 19.3 Å². The topological polar surface area (TPSA) is 66.4 Å². The summed E-state index contributed by atoms with van der Waals surface area (Å²) in [6, 6.07) is -0.310. The zero-order chi connectivity index (χ0) is 13.3. The lowest BCUT2D eigenvalue weighted by Crippen LogP contribution is -2.39. The summed E-state index contributed by atoms with van der Waals surface area (Å²) >= 11 is 0. The van der Waals surface area contributed by atoms with E-state index in [9.17, 15) is 9.59 Å². The van der Waals surface area contributed by atoms with Crippen LogP contribution in [0.25, 0.3) is 0 Å². The summed E-state index contributed by atoms with van der Waals surface area (Å²) in [5.74, 6) is -1.46. The highest BCUT2D eigenvalue weighted by Gasteiger charge is 2.20. The van der Waals surface area contributed by atoms with Crippen LogP contribution in [0.4, 0.5) is 0 Å². The second-order valence-electron chi connectivity index (χ2n) is 4.65. The van der Waals surface area contributed by atoms with E-state index in [-0.39, 0.29) is 11.9 Å². The second-order valence-corrected chi connectivity index (χ2v) is 4.65. The van der Waals surface area contributed by atoms with Crippen molar-refractivity contribution in [1.82, 2.24) is 5.32 Å². The van der Waals surface area contributed by atoms with Crippen LogP contribution < -0.4 is 5.32 Å². The van der Waals surface area contributed by atoms with Crippen LogP contribution in [0.3, 0.4) is 0 Å². The third-order valence-electron chi connectivity index (χ3n) is 3.04. The summed E-state index contributed by atoms with van der Waals surface area (Å²) in [6.45, 7) is 5.49. The van der Waals surface area contributed by atoms with Crippen molar-refractivity contribution in [2.24, 2.45) is 5.92 Å². The number of carboxylic acid groups (broad SMARTS) is 1. The molecule has 2 unspecified atom stereocenters. The summed E-state index contributed by atoms with van der Waals surface area (Å²) in [4.78, 5) is 22.2. The quantitative estimate of drug-likeness (QED) is 0.612. The Balaban J connectivity index is 3.67. The maximum atomic E-state index is 11.5. The van der Waals surface area contributed by atoms with E-state index < -0.39 is 11.9 Å². The number of aliphatic carboxylic acids is 1. The highest BCUT2D eigenvalue weighted by atomic mass is 16.4. The molecule has 0 aliphatic carbocycles. The van der Waals surface area contributed by atoms with Gasteiger partial charge in [-0.05, 0) is 20.3 Å². The summed E-state index contributed by atoms with van der Waals surface area (Å²) in [6.07, 6.45) is 6.04. The van der Waals surface area contributed by atoms with Gasteiger partial charge in [0.25, 0.3) is 0 Å². The van der Waals surface area contributed by atoms with Gasteiger partial charge in [0.2, 0.25) is 5.91 Å². The molecule has 0 bridgehead atoms. The van der Waals surface area contributed by atoms with Gasteiger partial charge in [-0.3, -0.25) is 9.59 Å². The first kappa shape index (κ1) is 15.9. The van der Waals surface area contributed by atoms with E-state index in [1.54, 1.807) is 13.8 Å². The molecule has 0 rings (SSSR count). The molecule has 4 nitrogen and oxygen atoms in total. The van der Waals surface area contributed by atoms with Crippen LogP contribution in [0.5, 0.6) is 0 Å². The van der Waals surface area contributed by atoms with Gasteiger partial charge in [0.1, 0.15) is 0 Å².